The van der Waals surface area contributed by atoms with E-state index in [-0.39, 0.29) is 12.5 Å². The van der Waals surface area contributed by atoms with Gasteiger partial charge >= 0.3 is 5.97 Å². The molecule has 1 amide bonds. The number of carbonyl (C=O) groups is 2. The maximum Gasteiger partial charge on any atom is 0.328 e. The molecule has 5 rings (SSSR count). The standard InChI is InChI=1S/C30H30N4O3/c1-22-19-27(31-34(22)20-23-11-5-2-6-12-23)32-17-18-33(26(21-32)30(36)37)29(35)28(24-13-7-3-8-14-24)25-15-9-4-10-16-25/h2-16,19,26,28H,17-18,20-21H2,1H3,(H,36,37)/t26-/m0/s1. The van der Waals surface area contributed by atoms with Crippen LogP contribution in [-0.4, -0.2) is 57.3 Å². The number of aromatic nitrogens is 2. The molecule has 0 bridgehead atoms. The summed E-state index contributed by atoms with van der Waals surface area (Å²) in [4.78, 5) is 29.8. The first kappa shape index (κ1) is 24.3. The molecule has 1 aliphatic heterocycles. The van der Waals surface area contributed by atoms with Crippen molar-refractivity contribution in [2.45, 2.75) is 25.4 Å². The summed E-state index contributed by atoms with van der Waals surface area (Å²) >= 11 is 0. The van der Waals surface area contributed by atoms with Crippen LogP contribution >= 0.6 is 0 Å². The summed E-state index contributed by atoms with van der Waals surface area (Å²) in [7, 11) is 0. The van der Waals surface area contributed by atoms with E-state index >= 15 is 0 Å². The van der Waals surface area contributed by atoms with E-state index in [1.807, 2.05) is 101 Å². The number of hydrogen-bond acceptors (Lipinski definition) is 4. The Morgan fingerprint density at radius 3 is 2.03 bits per heavy atom. The molecule has 1 N–H and O–H groups in total. The monoisotopic (exact) mass is 494 g/mol. The number of anilines is 1. The third-order valence-corrected chi connectivity index (χ3v) is 6.93. The molecule has 4 aromatic rings. The Labute approximate surface area is 216 Å². The largest absolute Gasteiger partial charge is 0.480 e. The molecule has 0 saturated carbocycles. The van der Waals surface area contributed by atoms with Crippen LogP contribution in [0.2, 0.25) is 0 Å². The fraction of sp³-hybridized carbons (Fsp3) is 0.233. The number of aliphatic carboxylic acids is 1. The van der Waals surface area contributed by atoms with Crippen LogP contribution in [0.15, 0.2) is 97.1 Å². The zero-order valence-corrected chi connectivity index (χ0v) is 20.8. The highest BCUT2D eigenvalue weighted by Crippen LogP contribution is 2.29. The van der Waals surface area contributed by atoms with Crippen molar-refractivity contribution in [2.75, 3.05) is 24.5 Å². The van der Waals surface area contributed by atoms with Gasteiger partial charge < -0.3 is 14.9 Å². The van der Waals surface area contributed by atoms with Gasteiger partial charge in [-0.1, -0.05) is 91.0 Å². The van der Waals surface area contributed by atoms with Crippen LogP contribution < -0.4 is 4.90 Å². The molecule has 0 spiro atoms. The number of rotatable bonds is 7. The summed E-state index contributed by atoms with van der Waals surface area (Å²) in [6, 6.07) is 30.2. The van der Waals surface area contributed by atoms with E-state index in [2.05, 4.69) is 12.1 Å². The van der Waals surface area contributed by atoms with Crippen molar-refractivity contribution in [3.63, 3.8) is 0 Å². The highest BCUT2D eigenvalue weighted by atomic mass is 16.4. The number of carboxylic acids is 1. The molecular formula is C30H30N4O3. The van der Waals surface area contributed by atoms with E-state index in [4.69, 9.17) is 5.10 Å². The molecule has 0 unspecified atom stereocenters. The van der Waals surface area contributed by atoms with Crippen molar-refractivity contribution in [1.82, 2.24) is 14.7 Å². The molecule has 1 fully saturated rings. The van der Waals surface area contributed by atoms with E-state index < -0.39 is 17.9 Å². The lowest BCUT2D eigenvalue weighted by Gasteiger charge is -2.41. The van der Waals surface area contributed by atoms with Gasteiger partial charge in [0.25, 0.3) is 0 Å². The summed E-state index contributed by atoms with van der Waals surface area (Å²) in [5.41, 5.74) is 3.84. The Hall–Kier alpha value is -4.39. The average molecular weight is 495 g/mol. The lowest BCUT2D eigenvalue weighted by Crippen LogP contribution is -2.59. The molecule has 3 aromatic carbocycles. The van der Waals surface area contributed by atoms with Gasteiger partial charge in [0.2, 0.25) is 5.91 Å². The summed E-state index contributed by atoms with van der Waals surface area (Å²) in [6.07, 6.45) is 0. The maximum absolute atomic E-state index is 13.9. The van der Waals surface area contributed by atoms with E-state index in [0.717, 1.165) is 28.2 Å². The number of amides is 1. The molecule has 1 atom stereocenters. The number of nitrogens with zero attached hydrogens (tertiary/aromatic N) is 4. The smallest absolute Gasteiger partial charge is 0.328 e. The van der Waals surface area contributed by atoms with E-state index in [0.29, 0.717) is 19.6 Å². The predicted molar refractivity (Wildman–Crippen MR) is 143 cm³/mol. The van der Waals surface area contributed by atoms with E-state index in [1.54, 1.807) is 0 Å². The fourth-order valence-corrected chi connectivity index (χ4v) is 4.96. The quantitative estimate of drug-likeness (QED) is 0.417. The highest BCUT2D eigenvalue weighted by Gasteiger charge is 2.39. The van der Waals surface area contributed by atoms with Gasteiger partial charge in [-0.15, -0.1) is 0 Å². The van der Waals surface area contributed by atoms with E-state index in [9.17, 15) is 14.7 Å². The number of benzene rings is 3. The second-order valence-electron chi connectivity index (χ2n) is 9.37. The van der Waals surface area contributed by atoms with Crippen molar-refractivity contribution in [2.24, 2.45) is 0 Å². The molecule has 37 heavy (non-hydrogen) atoms. The normalized spacial score (nSPS) is 15.7. The molecular weight excluding hydrogens is 464 g/mol. The van der Waals surface area contributed by atoms with Gasteiger partial charge in [0.05, 0.1) is 19.0 Å². The fourth-order valence-electron chi connectivity index (χ4n) is 4.96. The summed E-state index contributed by atoms with van der Waals surface area (Å²) in [5, 5.41) is 14.9. The number of carboxylic acid groups (broad SMARTS) is 1. The van der Waals surface area contributed by atoms with Crippen LogP contribution in [0.4, 0.5) is 5.82 Å². The number of carbonyl (C=O) groups excluding carboxylic acids is 1. The molecule has 1 aliphatic rings. The van der Waals surface area contributed by atoms with Crippen LogP contribution in [0.25, 0.3) is 0 Å². The predicted octanol–water partition coefficient (Wildman–Crippen LogP) is 4.17. The Balaban J connectivity index is 1.38. The second kappa shape index (κ2) is 10.7. The molecule has 0 radical (unpaired) electrons. The third kappa shape index (κ3) is 5.26. The Morgan fingerprint density at radius 2 is 1.46 bits per heavy atom. The molecule has 1 saturated heterocycles. The van der Waals surface area contributed by atoms with Gasteiger partial charge in [0.15, 0.2) is 5.82 Å². The number of hydrogen-bond donors (Lipinski definition) is 1. The average Bonchev–Trinajstić information content (AvgIpc) is 3.30. The molecule has 7 nitrogen and oxygen atoms in total. The zero-order chi connectivity index (χ0) is 25.8. The SMILES string of the molecule is Cc1cc(N2CCN(C(=O)C(c3ccccc3)c3ccccc3)[C@H](C(=O)O)C2)nn1Cc1ccccc1. The minimum Gasteiger partial charge on any atom is -0.480 e. The van der Waals surface area contributed by atoms with Crippen LogP contribution in [0.1, 0.15) is 28.3 Å². The van der Waals surface area contributed by atoms with Gasteiger partial charge in [-0.25, -0.2) is 4.79 Å². The maximum atomic E-state index is 13.9. The summed E-state index contributed by atoms with van der Waals surface area (Å²) in [6.45, 7) is 3.63. The van der Waals surface area contributed by atoms with Gasteiger partial charge in [-0.3, -0.25) is 9.48 Å². The lowest BCUT2D eigenvalue weighted by atomic mass is 9.89. The molecule has 1 aromatic heterocycles. The van der Waals surface area contributed by atoms with E-state index in [1.165, 1.54) is 4.90 Å². The number of aryl methyl sites for hydroxylation is 1. The van der Waals surface area contributed by atoms with Crippen molar-refractivity contribution >= 4 is 17.7 Å². The van der Waals surface area contributed by atoms with Crippen LogP contribution in [0.3, 0.4) is 0 Å². The Bertz CT molecular complexity index is 1320. The van der Waals surface area contributed by atoms with Gasteiger partial charge in [0, 0.05) is 24.8 Å². The highest BCUT2D eigenvalue weighted by molar-refractivity contribution is 5.91. The zero-order valence-electron chi connectivity index (χ0n) is 20.8. The first-order valence-corrected chi connectivity index (χ1v) is 12.5. The van der Waals surface area contributed by atoms with Crippen molar-refractivity contribution < 1.29 is 14.7 Å². The minimum atomic E-state index is -1.02. The topological polar surface area (TPSA) is 78.7 Å². The molecule has 7 heteroatoms. The lowest BCUT2D eigenvalue weighted by molar-refractivity contribution is -0.151. The van der Waals surface area contributed by atoms with Crippen molar-refractivity contribution in [1.29, 1.82) is 0 Å². The van der Waals surface area contributed by atoms with Gasteiger partial charge in [-0.2, -0.15) is 5.10 Å². The van der Waals surface area contributed by atoms with Crippen LogP contribution in [0.5, 0.6) is 0 Å². The van der Waals surface area contributed by atoms with Crippen molar-refractivity contribution in [3.05, 3.63) is 119 Å². The molecule has 2 heterocycles. The van der Waals surface area contributed by atoms with Crippen molar-refractivity contribution in [3.8, 4) is 0 Å². The number of piperazine rings is 1. The third-order valence-electron chi connectivity index (χ3n) is 6.93. The minimum absolute atomic E-state index is 0.180. The molecule has 0 aliphatic carbocycles. The first-order chi connectivity index (χ1) is 18.0. The molecule has 188 valence electrons. The second-order valence-corrected chi connectivity index (χ2v) is 9.37. The summed E-state index contributed by atoms with van der Waals surface area (Å²) < 4.78 is 1.93. The first-order valence-electron chi connectivity index (χ1n) is 12.5. The Kier molecular flexibility index (Phi) is 7.03. The van der Waals surface area contributed by atoms with Gasteiger partial charge in [0.1, 0.15) is 6.04 Å². The van der Waals surface area contributed by atoms with Gasteiger partial charge in [-0.05, 0) is 23.6 Å². The van der Waals surface area contributed by atoms with Crippen LogP contribution in [-0.2, 0) is 16.1 Å². The van der Waals surface area contributed by atoms with Crippen LogP contribution in [0, 0.1) is 6.92 Å². The Morgan fingerprint density at radius 1 is 0.892 bits per heavy atom. The summed E-state index contributed by atoms with van der Waals surface area (Å²) in [5.74, 6) is -1.05.